The second kappa shape index (κ2) is 11.7. The van der Waals surface area contributed by atoms with E-state index in [1.807, 2.05) is 24.3 Å². The number of piperidine rings is 1. The van der Waals surface area contributed by atoms with Crippen molar-refractivity contribution in [3.8, 4) is 5.75 Å². The number of nitro benzene ring substituents is 1. The summed E-state index contributed by atoms with van der Waals surface area (Å²) in [7, 11) is 0. The van der Waals surface area contributed by atoms with Crippen LogP contribution in [0.15, 0.2) is 48.5 Å². The zero-order valence-electron chi connectivity index (χ0n) is 20.7. The van der Waals surface area contributed by atoms with Crippen LogP contribution < -0.4 is 10.1 Å². The van der Waals surface area contributed by atoms with E-state index in [9.17, 15) is 14.9 Å². The summed E-state index contributed by atoms with van der Waals surface area (Å²) >= 11 is 0. The Labute approximate surface area is 208 Å². The highest BCUT2D eigenvalue weighted by molar-refractivity contribution is 5.99. The molecule has 4 rings (SSSR count). The third-order valence-electron chi connectivity index (χ3n) is 7.51. The van der Waals surface area contributed by atoms with Crippen LogP contribution in [0, 0.1) is 16.0 Å². The molecule has 7 heteroatoms. The fourth-order valence-corrected chi connectivity index (χ4v) is 5.56. The number of hydrogen-bond donors (Lipinski definition) is 1. The van der Waals surface area contributed by atoms with Crippen molar-refractivity contribution in [3.63, 3.8) is 0 Å². The van der Waals surface area contributed by atoms with Gasteiger partial charge in [0.25, 0.3) is 5.69 Å². The maximum absolute atomic E-state index is 13.5. The van der Waals surface area contributed by atoms with Gasteiger partial charge in [0.05, 0.1) is 16.9 Å². The molecule has 0 unspecified atom stereocenters. The summed E-state index contributed by atoms with van der Waals surface area (Å²) in [5.41, 5.74) is 0.968. The van der Waals surface area contributed by atoms with Gasteiger partial charge in [-0.05, 0) is 74.4 Å². The van der Waals surface area contributed by atoms with E-state index in [4.69, 9.17) is 4.74 Å². The van der Waals surface area contributed by atoms with Crippen LogP contribution in [-0.2, 0) is 10.2 Å². The average molecular weight is 480 g/mol. The predicted octanol–water partition coefficient (Wildman–Crippen LogP) is 5.94. The fourth-order valence-electron chi connectivity index (χ4n) is 5.56. The summed E-state index contributed by atoms with van der Waals surface area (Å²) in [5.74, 6) is 1.55. The maximum Gasteiger partial charge on any atom is 0.269 e. The van der Waals surface area contributed by atoms with Crippen LogP contribution in [-0.4, -0.2) is 42.0 Å². The van der Waals surface area contributed by atoms with Gasteiger partial charge >= 0.3 is 0 Å². The number of anilines is 1. The average Bonchev–Trinajstić information content (AvgIpc) is 2.88. The van der Waals surface area contributed by atoms with Crippen molar-refractivity contribution >= 4 is 17.3 Å². The highest BCUT2D eigenvalue weighted by Gasteiger charge is 2.41. The lowest BCUT2D eigenvalue weighted by atomic mass is 9.68. The largest absolute Gasteiger partial charge is 0.494 e. The van der Waals surface area contributed by atoms with Crippen molar-refractivity contribution in [2.45, 2.75) is 63.7 Å². The Balaban J connectivity index is 1.33. The van der Waals surface area contributed by atoms with Gasteiger partial charge in [-0.25, -0.2) is 0 Å². The second-order valence-electron chi connectivity index (χ2n) is 10.2. The van der Waals surface area contributed by atoms with Crippen molar-refractivity contribution < 1.29 is 14.5 Å². The molecule has 2 aliphatic rings. The van der Waals surface area contributed by atoms with Crippen LogP contribution in [0.2, 0.25) is 0 Å². The molecule has 1 saturated carbocycles. The van der Waals surface area contributed by atoms with Crippen molar-refractivity contribution in [3.05, 3.63) is 64.2 Å². The number of benzene rings is 2. The number of nitro groups is 1. The SMILES string of the molecule is C[C@@H]1CCCN(CCCOc2ccc(NC(=O)C3(c4ccc([N+](=O)[O-])cc4)CCCCC3)cc2)C1. The fraction of sp³-hybridized carbons (Fsp3) is 0.536. The maximum atomic E-state index is 13.5. The number of amides is 1. The molecule has 0 spiro atoms. The quantitative estimate of drug-likeness (QED) is 0.273. The molecule has 0 aromatic heterocycles. The second-order valence-corrected chi connectivity index (χ2v) is 10.2. The van der Waals surface area contributed by atoms with E-state index < -0.39 is 10.3 Å². The Morgan fingerprint density at radius 2 is 1.80 bits per heavy atom. The number of hydrogen-bond acceptors (Lipinski definition) is 5. The molecule has 2 aromatic carbocycles. The molecule has 1 N–H and O–H groups in total. The van der Waals surface area contributed by atoms with E-state index in [1.54, 1.807) is 12.1 Å². The summed E-state index contributed by atoms with van der Waals surface area (Å²) < 4.78 is 5.93. The van der Waals surface area contributed by atoms with E-state index in [2.05, 4.69) is 17.1 Å². The normalized spacial score (nSPS) is 20.2. The molecule has 1 atom stereocenters. The van der Waals surface area contributed by atoms with Crippen molar-refractivity contribution in [1.29, 1.82) is 0 Å². The topological polar surface area (TPSA) is 84.7 Å². The van der Waals surface area contributed by atoms with Crippen molar-refractivity contribution in [2.24, 2.45) is 5.92 Å². The lowest BCUT2D eigenvalue weighted by Gasteiger charge is -2.36. The minimum atomic E-state index is -0.658. The Kier molecular flexibility index (Phi) is 8.39. The number of carbonyl (C=O) groups excluding carboxylic acids is 1. The Morgan fingerprint density at radius 1 is 1.09 bits per heavy atom. The Morgan fingerprint density at radius 3 is 2.46 bits per heavy atom. The standard InChI is InChI=1S/C28H37N3O4/c1-22-7-5-18-30(21-22)19-6-20-35-26-14-10-24(11-15-26)29-27(32)28(16-3-2-4-17-28)23-8-12-25(13-9-23)31(33)34/h8-15,22H,2-7,16-21H2,1H3,(H,29,32)/t22-/m1/s1. The molecular weight excluding hydrogens is 442 g/mol. The number of carbonyl (C=O) groups is 1. The van der Waals surface area contributed by atoms with Crippen LogP contribution in [0.3, 0.4) is 0 Å². The number of nitrogens with zero attached hydrogens (tertiary/aromatic N) is 2. The lowest BCUT2D eigenvalue weighted by molar-refractivity contribution is -0.384. The molecule has 0 bridgehead atoms. The molecule has 188 valence electrons. The molecule has 1 aliphatic carbocycles. The molecule has 1 amide bonds. The van der Waals surface area contributed by atoms with Gasteiger partial charge in [-0.2, -0.15) is 0 Å². The third-order valence-corrected chi connectivity index (χ3v) is 7.51. The van der Waals surface area contributed by atoms with Gasteiger partial charge in [-0.15, -0.1) is 0 Å². The van der Waals surface area contributed by atoms with Gasteiger partial charge in [0.15, 0.2) is 0 Å². The number of non-ortho nitro benzene ring substituents is 1. The summed E-state index contributed by atoms with van der Waals surface area (Å²) in [6.07, 6.45) is 8.15. The first kappa shape index (κ1) is 25.2. The monoisotopic (exact) mass is 479 g/mol. The first-order chi connectivity index (χ1) is 17.0. The van der Waals surface area contributed by atoms with E-state index in [0.29, 0.717) is 6.61 Å². The summed E-state index contributed by atoms with van der Waals surface area (Å²) in [4.78, 5) is 26.7. The smallest absolute Gasteiger partial charge is 0.269 e. The van der Waals surface area contributed by atoms with Gasteiger partial charge in [-0.3, -0.25) is 14.9 Å². The molecule has 2 aromatic rings. The van der Waals surface area contributed by atoms with Gasteiger partial charge in [0.1, 0.15) is 5.75 Å². The first-order valence-electron chi connectivity index (χ1n) is 13.0. The number of ether oxygens (including phenoxy) is 1. The lowest BCUT2D eigenvalue weighted by Crippen LogP contribution is -2.42. The highest BCUT2D eigenvalue weighted by atomic mass is 16.6. The van der Waals surface area contributed by atoms with E-state index in [1.165, 1.54) is 38.1 Å². The van der Waals surface area contributed by atoms with Crippen molar-refractivity contribution in [1.82, 2.24) is 4.90 Å². The van der Waals surface area contributed by atoms with Crippen molar-refractivity contribution in [2.75, 3.05) is 31.6 Å². The zero-order chi connectivity index (χ0) is 24.7. The molecule has 7 nitrogen and oxygen atoms in total. The molecule has 1 heterocycles. The van der Waals surface area contributed by atoms with E-state index >= 15 is 0 Å². The summed E-state index contributed by atoms with van der Waals surface area (Å²) in [6.45, 7) is 6.46. The minimum Gasteiger partial charge on any atom is -0.494 e. The van der Waals surface area contributed by atoms with Crippen LogP contribution >= 0.6 is 0 Å². The van der Waals surface area contributed by atoms with Gasteiger partial charge < -0.3 is 15.0 Å². The predicted molar refractivity (Wildman–Crippen MR) is 138 cm³/mol. The van der Waals surface area contributed by atoms with Crippen LogP contribution in [0.25, 0.3) is 0 Å². The summed E-state index contributed by atoms with van der Waals surface area (Å²) in [5, 5.41) is 14.1. The van der Waals surface area contributed by atoms with E-state index in [-0.39, 0.29) is 11.6 Å². The molecule has 1 saturated heterocycles. The molecular formula is C28H37N3O4. The molecule has 0 radical (unpaired) electrons. The Bertz CT molecular complexity index is 984. The molecule has 2 fully saturated rings. The van der Waals surface area contributed by atoms with Crippen LogP contribution in [0.5, 0.6) is 5.75 Å². The summed E-state index contributed by atoms with van der Waals surface area (Å²) in [6, 6.07) is 14.0. The number of likely N-dealkylation sites (tertiary alicyclic amines) is 1. The van der Waals surface area contributed by atoms with Gasteiger partial charge in [-0.1, -0.05) is 38.3 Å². The first-order valence-corrected chi connectivity index (χ1v) is 13.0. The van der Waals surface area contributed by atoms with Crippen LogP contribution in [0.1, 0.15) is 63.9 Å². The van der Waals surface area contributed by atoms with Gasteiger partial charge in [0, 0.05) is 30.9 Å². The van der Waals surface area contributed by atoms with E-state index in [0.717, 1.165) is 68.0 Å². The number of nitrogens with one attached hydrogen (secondary N) is 1. The number of rotatable bonds is 9. The van der Waals surface area contributed by atoms with Gasteiger partial charge in [0.2, 0.25) is 5.91 Å². The minimum absolute atomic E-state index is 0.0428. The zero-order valence-corrected chi connectivity index (χ0v) is 20.7. The molecule has 35 heavy (non-hydrogen) atoms. The third kappa shape index (κ3) is 6.40. The molecule has 1 aliphatic heterocycles. The highest BCUT2D eigenvalue weighted by Crippen LogP contribution is 2.41. The Hall–Kier alpha value is -2.93. The van der Waals surface area contributed by atoms with Crippen LogP contribution in [0.4, 0.5) is 11.4 Å².